The zero-order valence-corrected chi connectivity index (χ0v) is 12.4. The summed E-state index contributed by atoms with van der Waals surface area (Å²) in [7, 11) is 0. The van der Waals surface area contributed by atoms with Gasteiger partial charge in [0.2, 0.25) is 0 Å². The maximum atomic E-state index is 11.9. The molecule has 0 radical (unpaired) electrons. The molecule has 1 aliphatic heterocycles. The molecule has 1 aromatic carbocycles. The fraction of sp³-hybridized carbons (Fsp3) is 0.294. The van der Waals surface area contributed by atoms with E-state index in [0.717, 1.165) is 18.9 Å². The predicted octanol–water partition coefficient (Wildman–Crippen LogP) is 2.70. The monoisotopic (exact) mass is 297 g/mol. The SMILES string of the molecule is O=C(COc1ccccc1)Nc1ccc(N2CCCC2)nc1. The van der Waals surface area contributed by atoms with Crippen molar-refractivity contribution in [3.63, 3.8) is 0 Å². The van der Waals surface area contributed by atoms with E-state index in [9.17, 15) is 4.79 Å². The molecule has 1 fully saturated rings. The molecule has 0 aliphatic carbocycles. The van der Waals surface area contributed by atoms with Crippen molar-refractivity contribution in [3.8, 4) is 5.75 Å². The van der Waals surface area contributed by atoms with E-state index in [4.69, 9.17) is 4.74 Å². The summed E-state index contributed by atoms with van der Waals surface area (Å²) in [6, 6.07) is 13.1. The van der Waals surface area contributed by atoms with E-state index in [-0.39, 0.29) is 12.5 Å². The molecule has 1 amide bonds. The summed E-state index contributed by atoms with van der Waals surface area (Å²) in [5.74, 6) is 1.45. The molecule has 0 saturated carbocycles. The number of ether oxygens (including phenoxy) is 1. The molecule has 2 aromatic rings. The third-order valence-corrected chi connectivity index (χ3v) is 3.57. The van der Waals surface area contributed by atoms with Gasteiger partial charge in [-0.1, -0.05) is 18.2 Å². The van der Waals surface area contributed by atoms with Gasteiger partial charge < -0.3 is 15.0 Å². The van der Waals surface area contributed by atoms with Gasteiger partial charge in [0.15, 0.2) is 6.61 Å². The number of aromatic nitrogens is 1. The summed E-state index contributed by atoms with van der Waals surface area (Å²) >= 11 is 0. The Bertz CT molecular complexity index is 608. The van der Waals surface area contributed by atoms with Crippen LogP contribution in [0.3, 0.4) is 0 Å². The van der Waals surface area contributed by atoms with Crippen LogP contribution in [0.5, 0.6) is 5.75 Å². The van der Waals surface area contributed by atoms with Gasteiger partial charge >= 0.3 is 0 Å². The largest absolute Gasteiger partial charge is 0.484 e. The van der Waals surface area contributed by atoms with Crippen molar-refractivity contribution in [3.05, 3.63) is 48.7 Å². The zero-order chi connectivity index (χ0) is 15.2. The van der Waals surface area contributed by atoms with Crippen LogP contribution in [0.15, 0.2) is 48.7 Å². The van der Waals surface area contributed by atoms with Crippen LogP contribution in [-0.4, -0.2) is 30.6 Å². The van der Waals surface area contributed by atoms with Crippen LogP contribution < -0.4 is 15.0 Å². The van der Waals surface area contributed by atoms with E-state index in [1.54, 1.807) is 6.20 Å². The molecular weight excluding hydrogens is 278 g/mol. The Morgan fingerprint density at radius 1 is 1.14 bits per heavy atom. The van der Waals surface area contributed by atoms with Crippen molar-refractivity contribution in [1.29, 1.82) is 0 Å². The van der Waals surface area contributed by atoms with E-state index in [1.165, 1.54) is 12.8 Å². The summed E-state index contributed by atoms with van der Waals surface area (Å²) in [6.07, 6.45) is 4.13. The third kappa shape index (κ3) is 3.75. The molecule has 1 N–H and O–H groups in total. The Hall–Kier alpha value is -2.56. The Balaban J connectivity index is 1.50. The quantitative estimate of drug-likeness (QED) is 0.922. The first kappa shape index (κ1) is 14.4. The van der Waals surface area contributed by atoms with E-state index in [0.29, 0.717) is 11.4 Å². The van der Waals surface area contributed by atoms with Gasteiger partial charge in [-0.05, 0) is 37.1 Å². The number of rotatable bonds is 5. The predicted molar refractivity (Wildman–Crippen MR) is 86.3 cm³/mol. The lowest BCUT2D eigenvalue weighted by Crippen LogP contribution is -2.21. The lowest BCUT2D eigenvalue weighted by Gasteiger charge is -2.16. The molecule has 5 heteroatoms. The number of para-hydroxylation sites is 1. The average molecular weight is 297 g/mol. The first-order valence-electron chi connectivity index (χ1n) is 7.50. The highest BCUT2D eigenvalue weighted by molar-refractivity contribution is 5.91. The second-order valence-corrected chi connectivity index (χ2v) is 5.25. The standard InChI is InChI=1S/C17H19N3O2/c21-17(13-22-15-6-2-1-3-7-15)19-14-8-9-16(18-12-14)20-10-4-5-11-20/h1-3,6-9,12H,4-5,10-11,13H2,(H,19,21). The normalized spacial score (nSPS) is 13.9. The fourth-order valence-corrected chi connectivity index (χ4v) is 2.46. The summed E-state index contributed by atoms with van der Waals surface area (Å²) in [5, 5.41) is 2.79. The van der Waals surface area contributed by atoms with Crippen molar-refractivity contribution >= 4 is 17.4 Å². The Labute approximate surface area is 129 Å². The number of hydrogen-bond donors (Lipinski definition) is 1. The number of anilines is 2. The van der Waals surface area contributed by atoms with Gasteiger partial charge in [0.1, 0.15) is 11.6 Å². The summed E-state index contributed by atoms with van der Waals surface area (Å²) in [4.78, 5) is 18.5. The third-order valence-electron chi connectivity index (χ3n) is 3.57. The van der Waals surface area contributed by atoms with Crippen molar-refractivity contribution in [2.45, 2.75) is 12.8 Å². The molecule has 3 rings (SSSR count). The first-order chi connectivity index (χ1) is 10.8. The summed E-state index contributed by atoms with van der Waals surface area (Å²) in [5.41, 5.74) is 0.685. The average Bonchev–Trinajstić information content (AvgIpc) is 3.09. The van der Waals surface area contributed by atoms with Crippen LogP contribution in [0.1, 0.15) is 12.8 Å². The fourth-order valence-electron chi connectivity index (χ4n) is 2.46. The highest BCUT2D eigenvalue weighted by Crippen LogP contribution is 2.19. The van der Waals surface area contributed by atoms with Crippen LogP contribution in [0.4, 0.5) is 11.5 Å². The Morgan fingerprint density at radius 2 is 1.91 bits per heavy atom. The van der Waals surface area contributed by atoms with Gasteiger partial charge in [0.05, 0.1) is 11.9 Å². The minimum Gasteiger partial charge on any atom is -0.484 e. The van der Waals surface area contributed by atoms with Crippen molar-refractivity contribution in [1.82, 2.24) is 4.98 Å². The number of carbonyl (C=O) groups is 1. The maximum Gasteiger partial charge on any atom is 0.262 e. The van der Waals surface area contributed by atoms with E-state index in [2.05, 4.69) is 15.2 Å². The van der Waals surface area contributed by atoms with Crippen LogP contribution in [-0.2, 0) is 4.79 Å². The molecule has 0 atom stereocenters. The molecule has 22 heavy (non-hydrogen) atoms. The van der Waals surface area contributed by atoms with Crippen molar-refractivity contribution in [2.75, 3.05) is 29.9 Å². The Kier molecular flexibility index (Phi) is 4.53. The number of nitrogens with zero attached hydrogens (tertiary/aromatic N) is 2. The highest BCUT2D eigenvalue weighted by Gasteiger charge is 2.13. The number of hydrogen-bond acceptors (Lipinski definition) is 4. The second kappa shape index (κ2) is 6.93. The number of amides is 1. The minimum absolute atomic E-state index is 0.0160. The number of pyridine rings is 1. The molecule has 0 spiro atoms. The molecule has 2 heterocycles. The number of benzene rings is 1. The first-order valence-corrected chi connectivity index (χ1v) is 7.50. The molecule has 114 valence electrons. The van der Waals surface area contributed by atoms with Gasteiger partial charge in [-0.15, -0.1) is 0 Å². The smallest absolute Gasteiger partial charge is 0.262 e. The van der Waals surface area contributed by atoms with Crippen molar-refractivity contribution < 1.29 is 9.53 Å². The van der Waals surface area contributed by atoms with Gasteiger partial charge in [-0.25, -0.2) is 4.98 Å². The minimum atomic E-state index is -0.195. The maximum absolute atomic E-state index is 11.9. The molecule has 0 bridgehead atoms. The number of carbonyl (C=O) groups excluding carboxylic acids is 1. The molecule has 1 aliphatic rings. The van der Waals surface area contributed by atoms with Gasteiger partial charge in [0, 0.05) is 13.1 Å². The van der Waals surface area contributed by atoms with E-state index < -0.39 is 0 Å². The highest BCUT2D eigenvalue weighted by atomic mass is 16.5. The van der Waals surface area contributed by atoms with Gasteiger partial charge in [-0.2, -0.15) is 0 Å². The van der Waals surface area contributed by atoms with Crippen molar-refractivity contribution in [2.24, 2.45) is 0 Å². The lowest BCUT2D eigenvalue weighted by atomic mass is 10.3. The van der Waals surface area contributed by atoms with E-state index >= 15 is 0 Å². The van der Waals surface area contributed by atoms with Crippen LogP contribution >= 0.6 is 0 Å². The second-order valence-electron chi connectivity index (χ2n) is 5.25. The number of nitrogens with one attached hydrogen (secondary N) is 1. The van der Waals surface area contributed by atoms with Crippen LogP contribution in [0.25, 0.3) is 0 Å². The zero-order valence-electron chi connectivity index (χ0n) is 12.4. The van der Waals surface area contributed by atoms with Crippen LogP contribution in [0.2, 0.25) is 0 Å². The van der Waals surface area contributed by atoms with Crippen LogP contribution in [0, 0.1) is 0 Å². The molecule has 0 unspecified atom stereocenters. The molecular formula is C17H19N3O2. The van der Waals surface area contributed by atoms with E-state index in [1.807, 2.05) is 42.5 Å². The lowest BCUT2D eigenvalue weighted by molar-refractivity contribution is -0.118. The Morgan fingerprint density at radius 3 is 2.59 bits per heavy atom. The summed E-state index contributed by atoms with van der Waals surface area (Å²) < 4.78 is 5.40. The summed E-state index contributed by atoms with van der Waals surface area (Å²) in [6.45, 7) is 2.10. The molecule has 1 aromatic heterocycles. The molecule has 1 saturated heterocycles. The van der Waals surface area contributed by atoms with Gasteiger partial charge in [0.25, 0.3) is 5.91 Å². The topological polar surface area (TPSA) is 54.5 Å². The van der Waals surface area contributed by atoms with Gasteiger partial charge in [-0.3, -0.25) is 4.79 Å². The molecule has 5 nitrogen and oxygen atoms in total.